The number of benzene rings is 1. The number of nitrogens with two attached hydrogens (primary N) is 1. The molecule has 0 unspecified atom stereocenters. The van der Waals surface area contributed by atoms with Crippen molar-refractivity contribution in [2.75, 3.05) is 5.73 Å². The van der Waals surface area contributed by atoms with Crippen LogP contribution in [0.25, 0.3) is 10.9 Å². The smallest absolute Gasteiger partial charge is 0.106 e. The van der Waals surface area contributed by atoms with E-state index in [1.54, 1.807) is 0 Å². The van der Waals surface area contributed by atoms with Gasteiger partial charge in [0.15, 0.2) is 0 Å². The van der Waals surface area contributed by atoms with Crippen LogP contribution < -0.4 is 5.73 Å². The number of hydrogen-bond acceptors (Lipinski definition) is 1. The lowest BCUT2D eigenvalue weighted by Gasteiger charge is -1.87. The van der Waals surface area contributed by atoms with Gasteiger partial charge in [-0.2, -0.15) is 0 Å². The first kappa shape index (κ1) is 6.73. The number of aromatic amines is 1. The summed E-state index contributed by atoms with van der Waals surface area (Å²) in [5.74, 6) is 0. The highest BCUT2D eigenvalue weighted by atomic mass is 79.9. The number of nitrogens with one attached hydrogen (secondary N) is 1. The van der Waals surface area contributed by atoms with Crippen LogP contribution in [0.1, 0.15) is 0 Å². The number of halogens is 1. The van der Waals surface area contributed by atoms with Gasteiger partial charge in [0.05, 0.1) is 5.69 Å². The molecule has 3 N–H and O–H groups in total. The Kier molecular flexibility index (Phi) is 1.39. The number of H-pyrrole nitrogens is 1. The van der Waals surface area contributed by atoms with Crippen LogP contribution in [0, 0.1) is 0 Å². The van der Waals surface area contributed by atoms with Crippen LogP contribution >= 0.6 is 15.9 Å². The van der Waals surface area contributed by atoms with Gasteiger partial charge in [-0.3, -0.25) is 0 Å². The van der Waals surface area contributed by atoms with Crippen molar-refractivity contribution < 1.29 is 0 Å². The summed E-state index contributed by atoms with van der Waals surface area (Å²) in [7, 11) is 0. The van der Waals surface area contributed by atoms with Crippen LogP contribution in [0.3, 0.4) is 0 Å². The zero-order chi connectivity index (χ0) is 7.84. The summed E-state index contributed by atoms with van der Waals surface area (Å²) in [6, 6.07) is 7.94. The largest absolute Gasteiger partial charge is 0.396 e. The Bertz CT molecular complexity index is 392. The van der Waals surface area contributed by atoms with Gasteiger partial charge in [-0.25, -0.2) is 0 Å². The molecule has 11 heavy (non-hydrogen) atoms. The van der Waals surface area contributed by atoms with Crippen LogP contribution in [0.2, 0.25) is 0 Å². The number of rotatable bonds is 0. The lowest BCUT2D eigenvalue weighted by molar-refractivity contribution is 1.41. The topological polar surface area (TPSA) is 41.8 Å². The van der Waals surface area contributed by atoms with Gasteiger partial charge in [0, 0.05) is 10.9 Å². The summed E-state index contributed by atoms with van der Waals surface area (Å²) in [6.07, 6.45) is 0. The first-order chi connectivity index (χ1) is 5.29. The van der Waals surface area contributed by atoms with Crippen molar-refractivity contribution in [2.45, 2.75) is 0 Å². The van der Waals surface area contributed by atoms with Crippen LogP contribution in [0.5, 0.6) is 0 Å². The number of para-hydroxylation sites is 1. The summed E-state index contributed by atoms with van der Waals surface area (Å²) in [5.41, 5.74) is 7.60. The third-order valence-electron chi connectivity index (χ3n) is 1.70. The van der Waals surface area contributed by atoms with E-state index in [4.69, 9.17) is 5.73 Å². The molecule has 0 radical (unpaired) electrons. The highest BCUT2D eigenvalue weighted by Crippen LogP contribution is 2.27. The van der Waals surface area contributed by atoms with Crippen molar-refractivity contribution in [3.05, 3.63) is 28.9 Å². The van der Waals surface area contributed by atoms with Crippen molar-refractivity contribution in [1.82, 2.24) is 4.98 Å². The first-order valence-electron chi connectivity index (χ1n) is 3.31. The van der Waals surface area contributed by atoms with Gasteiger partial charge in [0.1, 0.15) is 4.60 Å². The Labute approximate surface area is 72.5 Å². The van der Waals surface area contributed by atoms with Gasteiger partial charge in [0.25, 0.3) is 0 Å². The van der Waals surface area contributed by atoms with Gasteiger partial charge in [-0.15, -0.1) is 0 Å². The van der Waals surface area contributed by atoms with Crippen molar-refractivity contribution in [1.29, 1.82) is 0 Å². The monoisotopic (exact) mass is 210 g/mol. The summed E-state index contributed by atoms with van der Waals surface area (Å²) < 4.78 is 0.860. The molecule has 0 aliphatic heterocycles. The molecular formula is C8H7BrN2. The Morgan fingerprint density at radius 1 is 1.27 bits per heavy atom. The molecule has 0 bridgehead atoms. The Balaban J connectivity index is 2.92. The van der Waals surface area contributed by atoms with E-state index < -0.39 is 0 Å². The molecule has 0 spiro atoms. The Morgan fingerprint density at radius 2 is 2.00 bits per heavy atom. The lowest BCUT2D eigenvalue weighted by atomic mass is 10.2. The van der Waals surface area contributed by atoms with E-state index in [9.17, 15) is 0 Å². The lowest BCUT2D eigenvalue weighted by Crippen LogP contribution is -1.81. The molecule has 0 atom stereocenters. The summed E-state index contributed by atoms with van der Waals surface area (Å²) in [4.78, 5) is 3.12. The Hall–Kier alpha value is -0.960. The van der Waals surface area contributed by atoms with E-state index in [0.717, 1.165) is 21.2 Å². The molecule has 0 fully saturated rings. The van der Waals surface area contributed by atoms with Crippen molar-refractivity contribution in [2.24, 2.45) is 0 Å². The minimum Gasteiger partial charge on any atom is -0.396 e. The zero-order valence-electron chi connectivity index (χ0n) is 5.76. The van der Waals surface area contributed by atoms with Crippen LogP contribution in [-0.4, -0.2) is 4.98 Å². The third-order valence-corrected chi connectivity index (χ3v) is 2.32. The minimum atomic E-state index is 0.778. The van der Waals surface area contributed by atoms with Crippen molar-refractivity contribution >= 4 is 32.5 Å². The predicted molar refractivity (Wildman–Crippen MR) is 50.4 cm³/mol. The van der Waals surface area contributed by atoms with E-state index in [2.05, 4.69) is 20.9 Å². The average molecular weight is 211 g/mol. The molecule has 0 aliphatic rings. The molecule has 2 aromatic rings. The second-order valence-electron chi connectivity index (χ2n) is 2.40. The molecule has 3 heteroatoms. The average Bonchev–Trinajstić information content (AvgIpc) is 2.30. The zero-order valence-corrected chi connectivity index (χ0v) is 7.35. The molecule has 0 aliphatic carbocycles. The highest BCUT2D eigenvalue weighted by Gasteiger charge is 2.02. The predicted octanol–water partition coefficient (Wildman–Crippen LogP) is 2.51. The quantitative estimate of drug-likeness (QED) is 0.690. The van der Waals surface area contributed by atoms with Gasteiger partial charge in [0.2, 0.25) is 0 Å². The number of fused-ring (bicyclic) bond motifs is 1. The SMILES string of the molecule is Nc1c(Br)[nH]c2ccccc12. The van der Waals surface area contributed by atoms with E-state index in [0.29, 0.717) is 0 Å². The maximum atomic E-state index is 5.76. The second kappa shape index (κ2) is 2.27. The maximum Gasteiger partial charge on any atom is 0.106 e. The number of nitrogen functional groups attached to an aromatic ring is 1. The molecule has 2 rings (SSSR count). The van der Waals surface area contributed by atoms with Crippen molar-refractivity contribution in [3.63, 3.8) is 0 Å². The number of anilines is 1. The number of hydrogen-bond donors (Lipinski definition) is 2. The Morgan fingerprint density at radius 3 is 2.73 bits per heavy atom. The van der Waals surface area contributed by atoms with E-state index in [1.807, 2.05) is 24.3 Å². The third kappa shape index (κ3) is 0.922. The highest BCUT2D eigenvalue weighted by molar-refractivity contribution is 9.10. The maximum absolute atomic E-state index is 5.76. The molecule has 1 heterocycles. The summed E-state index contributed by atoms with van der Waals surface area (Å²) in [5, 5.41) is 1.07. The van der Waals surface area contributed by atoms with Crippen LogP contribution in [0.15, 0.2) is 28.9 Å². The fraction of sp³-hybridized carbons (Fsp3) is 0. The van der Waals surface area contributed by atoms with Gasteiger partial charge in [-0.1, -0.05) is 18.2 Å². The van der Waals surface area contributed by atoms with Gasteiger partial charge >= 0.3 is 0 Å². The molecule has 56 valence electrons. The fourth-order valence-electron chi connectivity index (χ4n) is 1.13. The van der Waals surface area contributed by atoms with Gasteiger partial charge < -0.3 is 10.7 Å². The minimum absolute atomic E-state index is 0.778. The normalized spacial score (nSPS) is 10.6. The molecule has 0 amide bonds. The van der Waals surface area contributed by atoms with Crippen molar-refractivity contribution in [3.8, 4) is 0 Å². The fourth-order valence-corrected chi connectivity index (χ4v) is 1.56. The molecule has 1 aromatic carbocycles. The molecule has 1 aromatic heterocycles. The summed E-state index contributed by atoms with van der Waals surface area (Å²) >= 11 is 3.33. The molecular weight excluding hydrogens is 204 g/mol. The van der Waals surface area contributed by atoms with E-state index >= 15 is 0 Å². The van der Waals surface area contributed by atoms with Crippen LogP contribution in [0.4, 0.5) is 5.69 Å². The van der Waals surface area contributed by atoms with Crippen LogP contribution in [-0.2, 0) is 0 Å². The first-order valence-corrected chi connectivity index (χ1v) is 4.10. The van der Waals surface area contributed by atoms with E-state index in [-0.39, 0.29) is 0 Å². The van der Waals surface area contributed by atoms with E-state index in [1.165, 1.54) is 0 Å². The number of aromatic nitrogens is 1. The summed E-state index contributed by atoms with van der Waals surface area (Å²) in [6.45, 7) is 0. The standard InChI is InChI=1S/C8H7BrN2/c9-8-7(10)5-3-1-2-4-6(5)11-8/h1-4,11H,10H2. The molecule has 2 nitrogen and oxygen atoms in total. The molecule has 0 saturated heterocycles. The second-order valence-corrected chi connectivity index (χ2v) is 3.19. The molecule has 0 saturated carbocycles. The van der Waals surface area contributed by atoms with Gasteiger partial charge in [-0.05, 0) is 22.0 Å².